The van der Waals surface area contributed by atoms with Gasteiger partial charge in [-0.05, 0) is 56.9 Å². The van der Waals surface area contributed by atoms with E-state index in [-0.39, 0.29) is 17.7 Å². The molecule has 0 aliphatic carbocycles. The molecule has 0 saturated carbocycles. The van der Waals surface area contributed by atoms with Gasteiger partial charge in [0.2, 0.25) is 5.91 Å². The molecule has 8 heteroatoms. The van der Waals surface area contributed by atoms with Gasteiger partial charge in [-0.15, -0.1) is 11.3 Å². The molecule has 2 aromatic heterocycles. The van der Waals surface area contributed by atoms with Gasteiger partial charge >= 0.3 is 0 Å². The lowest BCUT2D eigenvalue weighted by Gasteiger charge is -2.30. The number of nitrogens with one attached hydrogen (secondary N) is 1. The largest absolute Gasteiger partial charge is 0.369 e. The van der Waals surface area contributed by atoms with Crippen molar-refractivity contribution in [2.75, 3.05) is 18.4 Å². The Morgan fingerprint density at radius 3 is 2.45 bits per heavy atom. The topological polar surface area (TPSA) is 101 Å². The van der Waals surface area contributed by atoms with Crippen molar-refractivity contribution in [1.29, 1.82) is 0 Å². The number of nitrogens with zero attached hydrogens (tertiary/aromatic N) is 3. The molecule has 162 valence electrons. The van der Waals surface area contributed by atoms with E-state index in [1.165, 1.54) is 10.4 Å². The van der Waals surface area contributed by atoms with Crippen LogP contribution in [0.5, 0.6) is 0 Å². The Labute approximate surface area is 185 Å². The number of aromatic nitrogens is 2. The Hall–Kier alpha value is -3.00. The van der Waals surface area contributed by atoms with Gasteiger partial charge in [-0.1, -0.05) is 12.1 Å². The molecule has 1 aliphatic heterocycles. The number of aryl methyl sites for hydroxylation is 3. The van der Waals surface area contributed by atoms with E-state index >= 15 is 0 Å². The van der Waals surface area contributed by atoms with Crippen LogP contribution in [-0.2, 0) is 11.3 Å². The van der Waals surface area contributed by atoms with Crippen molar-refractivity contribution in [2.45, 2.75) is 40.2 Å². The summed E-state index contributed by atoms with van der Waals surface area (Å²) in [6.45, 7) is 7.86. The highest BCUT2D eigenvalue weighted by atomic mass is 32.1. The molecule has 0 atom stereocenters. The Morgan fingerprint density at radius 2 is 1.81 bits per heavy atom. The normalized spacial score (nSPS) is 14.7. The Balaban J connectivity index is 1.42. The number of primary amides is 1. The number of thiophene rings is 1. The molecular weight excluding hydrogens is 410 g/mol. The van der Waals surface area contributed by atoms with Gasteiger partial charge < -0.3 is 16.0 Å². The van der Waals surface area contributed by atoms with Crippen LogP contribution in [0.4, 0.5) is 5.82 Å². The third kappa shape index (κ3) is 4.39. The maximum Gasteiger partial charge on any atom is 0.253 e. The highest BCUT2D eigenvalue weighted by Gasteiger charge is 2.26. The summed E-state index contributed by atoms with van der Waals surface area (Å²) in [6.07, 6.45) is 1.27. The van der Waals surface area contributed by atoms with Gasteiger partial charge in [0.1, 0.15) is 16.5 Å². The summed E-state index contributed by atoms with van der Waals surface area (Å²) in [5.74, 6) is 1.21. The van der Waals surface area contributed by atoms with Crippen molar-refractivity contribution in [3.05, 3.63) is 51.7 Å². The van der Waals surface area contributed by atoms with E-state index in [0.717, 1.165) is 27.4 Å². The monoisotopic (exact) mass is 437 g/mol. The number of fused-ring (bicyclic) bond motifs is 1. The van der Waals surface area contributed by atoms with Crippen LogP contribution in [0.2, 0.25) is 0 Å². The number of amides is 2. The highest BCUT2D eigenvalue weighted by molar-refractivity contribution is 7.18. The number of likely N-dealkylation sites (tertiary alicyclic amines) is 1. The van der Waals surface area contributed by atoms with E-state index in [0.29, 0.717) is 38.0 Å². The number of nitrogens with two attached hydrogens (primary N) is 1. The highest BCUT2D eigenvalue weighted by Crippen LogP contribution is 2.33. The minimum atomic E-state index is -0.270. The second-order valence-corrected chi connectivity index (χ2v) is 9.31. The number of piperidine rings is 1. The molecule has 1 aromatic carbocycles. The minimum absolute atomic E-state index is 0.0000589. The molecule has 3 N–H and O–H groups in total. The molecule has 3 aromatic rings. The lowest BCUT2D eigenvalue weighted by Crippen LogP contribution is -2.41. The first-order valence-electron chi connectivity index (χ1n) is 10.5. The lowest BCUT2D eigenvalue weighted by molar-refractivity contribution is -0.123. The first-order chi connectivity index (χ1) is 14.8. The summed E-state index contributed by atoms with van der Waals surface area (Å²) in [7, 11) is 0. The number of carbonyl (C=O) groups excluding carboxylic acids is 2. The third-order valence-corrected chi connectivity index (χ3v) is 7.09. The van der Waals surface area contributed by atoms with Gasteiger partial charge in [0.05, 0.1) is 5.39 Å². The maximum absolute atomic E-state index is 12.8. The van der Waals surface area contributed by atoms with E-state index in [2.05, 4.69) is 29.1 Å². The molecule has 0 spiro atoms. The van der Waals surface area contributed by atoms with E-state index in [1.807, 2.05) is 31.2 Å². The van der Waals surface area contributed by atoms with Crippen LogP contribution in [-0.4, -0.2) is 39.8 Å². The van der Waals surface area contributed by atoms with E-state index in [4.69, 9.17) is 5.73 Å². The summed E-state index contributed by atoms with van der Waals surface area (Å²) in [5, 5.41) is 4.53. The van der Waals surface area contributed by atoms with Crippen molar-refractivity contribution in [3.8, 4) is 0 Å². The molecule has 3 heterocycles. The molecule has 1 saturated heterocycles. The van der Waals surface area contributed by atoms with Crippen molar-refractivity contribution < 1.29 is 9.59 Å². The molecule has 31 heavy (non-hydrogen) atoms. The van der Waals surface area contributed by atoms with Crippen LogP contribution in [0.15, 0.2) is 24.3 Å². The molecular formula is C23H27N5O2S. The zero-order valence-corrected chi connectivity index (χ0v) is 18.9. The summed E-state index contributed by atoms with van der Waals surface area (Å²) in [6, 6.07) is 7.65. The van der Waals surface area contributed by atoms with Gasteiger partial charge in [-0.2, -0.15) is 0 Å². The predicted octanol–water partition coefficient (Wildman–Crippen LogP) is 3.57. The number of carbonyl (C=O) groups is 2. The van der Waals surface area contributed by atoms with Gasteiger partial charge in [-0.3, -0.25) is 9.59 Å². The Kier molecular flexibility index (Phi) is 5.91. The Bertz CT molecular complexity index is 1130. The molecule has 7 nitrogen and oxygen atoms in total. The number of anilines is 1. The standard InChI is InChI=1S/C23H27N5O2S/c1-13-14(2)31-22-19(13)21(26-15(3)27-22)25-12-16-4-6-18(7-5-16)23(30)28-10-8-17(9-11-28)20(24)29/h4-7,17H,8-12H2,1-3H3,(H2,24,29)(H,25,26,27). The fourth-order valence-electron chi connectivity index (χ4n) is 3.98. The smallest absolute Gasteiger partial charge is 0.253 e. The first-order valence-corrected chi connectivity index (χ1v) is 11.3. The minimum Gasteiger partial charge on any atom is -0.369 e. The zero-order chi connectivity index (χ0) is 22.1. The number of hydrogen-bond acceptors (Lipinski definition) is 6. The second-order valence-electron chi connectivity index (χ2n) is 8.10. The van der Waals surface area contributed by atoms with Crippen molar-refractivity contribution in [1.82, 2.24) is 14.9 Å². The average molecular weight is 438 g/mol. The van der Waals surface area contributed by atoms with Crippen molar-refractivity contribution in [3.63, 3.8) is 0 Å². The maximum atomic E-state index is 12.8. The van der Waals surface area contributed by atoms with Gasteiger partial charge in [0, 0.05) is 36.0 Å². The summed E-state index contributed by atoms with van der Waals surface area (Å²) in [5.41, 5.74) is 8.32. The van der Waals surface area contributed by atoms with E-state index in [9.17, 15) is 9.59 Å². The van der Waals surface area contributed by atoms with Crippen LogP contribution >= 0.6 is 11.3 Å². The van der Waals surface area contributed by atoms with Crippen LogP contribution in [0, 0.1) is 26.7 Å². The summed E-state index contributed by atoms with van der Waals surface area (Å²) in [4.78, 5) is 37.3. The first kappa shape index (κ1) is 21.2. The van der Waals surface area contributed by atoms with E-state index < -0.39 is 0 Å². The fraction of sp³-hybridized carbons (Fsp3) is 0.391. The van der Waals surface area contributed by atoms with Crippen LogP contribution in [0.3, 0.4) is 0 Å². The second kappa shape index (κ2) is 8.63. The number of hydrogen-bond donors (Lipinski definition) is 2. The van der Waals surface area contributed by atoms with Crippen molar-refractivity contribution >= 4 is 39.2 Å². The molecule has 1 aliphatic rings. The molecule has 2 amide bonds. The van der Waals surface area contributed by atoms with Crippen LogP contribution < -0.4 is 11.1 Å². The third-order valence-electron chi connectivity index (χ3n) is 5.99. The van der Waals surface area contributed by atoms with E-state index in [1.54, 1.807) is 16.2 Å². The predicted molar refractivity (Wildman–Crippen MR) is 123 cm³/mol. The van der Waals surface area contributed by atoms with Gasteiger partial charge in [0.25, 0.3) is 5.91 Å². The van der Waals surface area contributed by atoms with Gasteiger partial charge in [0.15, 0.2) is 0 Å². The van der Waals surface area contributed by atoms with Crippen LogP contribution in [0.1, 0.15) is 45.0 Å². The quantitative estimate of drug-likeness (QED) is 0.635. The summed E-state index contributed by atoms with van der Waals surface area (Å²) < 4.78 is 0. The molecule has 0 bridgehead atoms. The summed E-state index contributed by atoms with van der Waals surface area (Å²) >= 11 is 1.69. The zero-order valence-electron chi connectivity index (χ0n) is 18.1. The Morgan fingerprint density at radius 1 is 1.13 bits per heavy atom. The van der Waals surface area contributed by atoms with Gasteiger partial charge in [-0.25, -0.2) is 9.97 Å². The van der Waals surface area contributed by atoms with Crippen molar-refractivity contribution in [2.24, 2.45) is 11.7 Å². The molecule has 0 radical (unpaired) electrons. The average Bonchev–Trinajstić information content (AvgIpc) is 3.05. The fourth-order valence-corrected chi connectivity index (χ4v) is 5.06. The van der Waals surface area contributed by atoms with Crippen LogP contribution in [0.25, 0.3) is 10.2 Å². The molecule has 0 unspecified atom stereocenters. The number of benzene rings is 1. The molecule has 1 fully saturated rings. The SMILES string of the molecule is Cc1nc(NCc2ccc(C(=O)N3CCC(C(N)=O)CC3)cc2)c2c(C)c(C)sc2n1. The lowest BCUT2D eigenvalue weighted by atomic mass is 9.96. The molecule has 4 rings (SSSR count). The number of rotatable bonds is 5.